The lowest BCUT2D eigenvalue weighted by atomic mass is 10.2. The van der Waals surface area contributed by atoms with E-state index in [1.807, 2.05) is 0 Å². The third-order valence-corrected chi connectivity index (χ3v) is 1.59. The van der Waals surface area contributed by atoms with E-state index >= 15 is 0 Å². The normalized spacial score (nSPS) is 12.2. The van der Waals surface area contributed by atoms with Crippen LogP contribution in [-0.2, 0) is 0 Å². The molecule has 13 heavy (non-hydrogen) atoms. The Hall–Kier alpha value is -1.62. The van der Waals surface area contributed by atoms with E-state index in [1.54, 1.807) is 12.1 Å². The van der Waals surface area contributed by atoms with Crippen LogP contribution in [-0.4, -0.2) is 17.1 Å². The van der Waals surface area contributed by atoms with Gasteiger partial charge in [0.2, 0.25) is 0 Å². The molecule has 0 radical (unpaired) electrons. The van der Waals surface area contributed by atoms with Gasteiger partial charge in [0.15, 0.2) is 0 Å². The molecule has 1 N–H and O–H groups in total. The molecule has 0 bridgehead atoms. The largest absolute Gasteiger partial charge is 0.497 e. The first-order chi connectivity index (χ1) is 6.15. The van der Waals surface area contributed by atoms with Crippen molar-refractivity contribution in [2.75, 3.05) is 7.11 Å². The van der Waals surface area contributed by atoms with Crippen LogP contribution in [0.4, 0.5) is 0 Å². The van der Waals surface area contributed by atoms with Crippen LogP contribution < -0.4 is 4.74 Å². The van der Waals surface area contributed by atoms with Crippen molar-refractivity contribution < 1.29 is 14.8 Å². The minimum absolute atomic E-state index is 0.212. The standard InChI is InChI=1S/C8H9NO4/c1-13-7-4-2-3-6(5-7)8(10)9(11)12/h2-5,8,10H,1H3. The number of benzene rings is 1. The molecule has 0 fully saturated rings. The quantitative estimate of drug-likeness (QED) is 0.430. The average molecular weight is 183 g/mol. The Balaban J connectivity index is 2.94. The van der Waals surface area contributed by atoms with E-state index in [2.05, 4.69) is 0 Å². The third kappa shape index (κ3) is 2.16. The zero-order chi connectivity index (χ0) is 9.84. The van der Waals surface area contributed by atoms with E-state index in [-0.39, 0.29) is 5.56 Å². The maximum absolute atomic E-state index is 10.2. The first kappa shape index (κ1) is 9.47. The van der Waals surface area contributed by atoms with Crippen LogP contribution in [0.1, 0.15) is 11.8 Å². The van der Waals surface area contributed by atoms with Crippen molar-refractivity contribution in [3.8, 4) is 5.75 Å². The smallest absolute Gasteiger partial charge is 0.339 e. The Morgan fingerprint density at radius 1 is 1.62 bits per heavy atom. The first-order valence-electron chi connectivity index (χ1n) is 3.60. The summed E-state index contributed by atoms with van der Waals surface area (Å²) in [5.74, 6) is 0.485. The van der Waals surface area contributed by atoms with Crippen molar-refractivity contribution in [1.82, 2.24) is 0 Å². The summed E-state index contributed by atoms with van der Waals surface area (Å²) in [5, 5.41) is 19.3. The molecule has 0 aliphatic rings. The van der Waals surface area contributed by atoms with Crippen LogP contribution in [0, 0.1) is 10.1 Å². The van der Waals surface area contributed by atoms with E-state index in [0.717, 1.165) is 0 Å². The number of hydrogen-bond acceptors (Lipinski definition) is 4. The summed E-state index contributed by atoms with van der Waals surface area (Å²) >= 11 is 0. The van der Waals surface area contributed by atoms with Crippen molar-refractivity contribution in [3.05, 3.63) is 39.9 Å². The SMILES string of the molecule is COc1cccc(C(O)[N+](=O)[O-])c1. The van der Waals surface area contributed by atoms with Gasteiger partial charge in [-0.15, -0.1) is 0 Å². The minimum atomic E-state index is -1.69. The van der Waals surface area contributed by atoms with Gasteiger partial charge < -0.3 is 9.84 Å². The second-order valence-electron chi connectivity index (χ2n) is 2.44. The Morgan fingerprint density at radius 2 is 2.31 bits per heavy atom. The summed E-state index contributed by atoms with van der Waals surface area (Å²) < 4.78 is 4.85. The number of rotatable bonds is 3. The van der Waals surface area contributed by atoms with Crippen molar-refractivity contribution in [1.29, 1.82) is 0 Å². The zero-order valence-electron chi connectivity index (χ0n) is 7.01. The highest BCUT2D eigenvalue weighted by atomic mass is 16.7. The number of nitrogens with zero attached hydrogens (tertiary/aromatic N) is 1. The highest BCUT2D eigenvalue weighted by Crippen LogP contribution is 2.18. The molecule has 0 aliphatic heterocycles. The average Bonchev–Trinajstić information content (AvgIpc) is 2.16. The molecule has 1 rings (SSSR count). The van der Waals surface area contributed by atoms with Crippen LogP contribution >= 0.6 is 0 Å². The molecule has 5 nitrogen and oxygen atoms in total. The third-order valence-electron chi connectivity index (χ3n) is 1.59. The van der Waals surface area contributed by atoms with Gasteiger partial charge in [-0.25, -0.2) is 0 Å². The fourth-order valence-corrected chi connectivity index (χ4v) is 0.924. The van der Waals surface area contributed by atoms with Crippen LogP contribution in [0.15, 0.2) is 24.3 Å². The maximum Gasteiger partial charge on any atom is 0.339 e. The van der Waals surface area contributed by atoms with Crippen molar-refractivity contribution >= 4 is 0 Å². The van der Waals surface area contributed by atoms with Gasteiger partial charge in [-0.2, -0.15) is 0 Å². The minimum Gasteiger partial charge on any atom is -0.497 e. The molecule has 70 valence electrons. The van der Waals surface area contributed by atoms with Crippen LogP contribution in [0.2, 0.25) is 0 Å². The summed E-state index contributed by atoms with van der Waals surface area (Å²) in [6.45, 7) is 0. The highest BCUT2D eigenvalue weighted by Gasteiger charge is 2.18. The predicted octanol–water partition coefficient (Wildman–Crippen LogP) is 0.963. The van der Waals surface area contributed by atoms with Gasteiger partial charge in [0.05, 0.1) is 17.6 Å². The van der Waals surface area contributed by atoms with Crippen molar-refractivity contribution in [2.45, 2.75) is 6.23 Å². The number of methoxy groups -OCH3 is 1. The summed E-state index contributed by atoms with van der Waals surface area (Å²) in [6, 6.07) is 6.13. The molecule has 0 spiro atoms. The van der Waals surface area contributed by atoms with E-state index in [9.17, 15) is 10.1 Å². The first-order valence-corrected chi connectivity index (χ1v) is 3.60. The Labute approximate surface area is 74.7 Å². The lowest BCUT2D eigenvalue weighted by Gasteiger charge is -2.04. The van der Waals surface area contributed by atoms with Crippen LogP contribution in [0.25, 0.3) is 0 Å². The zero-order valence-corrected chi connectivity index (χ0v) is 7.01. The van der Waals surface area contributed by atoms with Gasteiger partial charge in [-0.05, 0) is 18.2 Å². The lowest BCUT2D eigenvalue weighted by molar-refractivity contribution is -0.578. The molecule has 0 saturated heterocycles. The monoisotopic (exact) mass is 183 g/mol. The summed E-state index contributed by atoms with van der Waals surface area (Å²) in [6.07, 6.45) is -1.69. The van der Waals surface area contributed by atoms with E-state index in [4.69, 9.17) is 9.84 Å². The molecule has 1 atom stereocenters. The molecule has 0 saturated carbocycles. The van der Waals surface area contributed by atoms with Gasteiger partial charge in [0, 0.05) is 0 Å². The molecule has 5 heteroatoms. The summed E-state index contributed by atoms with van der Waals surface area (Å²) in [5.41, 5.74) is 0.212. The van der Waals surface area contributed by atoms with Crippen LogP contribution in [0.3, 0.4) is 0 Å². The van der Waals surface area contributed by atoms with Crippen molar-refractivity contribution in [2.24, 2.45) is 0 Å². The second-order valence-corrected chi connectivity index (χ2v) is 2.44. The molecule has 0 amide bonds. The fraction of sp³-hybridized carbons (Fsp3) is 0.250. The number of ether oxygens (including phenoxy) is 1. The van der Waals surface area contributed by atoms with E-state index in [1.165, 1.54) is 19.2 Å². The van der Waals surface area contributed by atoms with Gasteiger partial charge in [-0.3, -0.25) is 10.1 Å². The molecular formula is C8H9NO4. The lowest BCUT2D eigenvalue weighted by Crippen LogP contribution is -2.08. The highest BCUT2D eigenvalue weighted by molar-refractivity contribution is 5.28. The molecule has 1 aromatic carbocycles. The van der Waals surface area contributed by atoms with E-state index < -0.39 is 11.2 Å². The fourth-order valence-electron chi connectivity index (χ4n) is 0.924. The molecular weight excluding hydrogens is 174 g/mol. The maximum atomic E-state index is 10.2. The van der Waals surface area contributed by atoms with Crippen LogP contribution in [0.5, 0.6) is 5.75 Å². The number of nitro groups is 1. The van der Waals surface area contributed by atoms with Gasteiger partial charge in [0.25, 0.3) is 0 Å². The second kappa shape index (κ2) is 3.86. The van der Waals surface area contributed by atoms with Gasteiger partial charge in [-0.1, -0.05) is 6.07 Å². The van der Waals surface area contributed by atoms with Crippen molar-refractivity contribution in [3.63, 3.8) is 0 Å². The molecule has 1 unspecified atom stereocenters. The summed E-state index contributed by atoms with van der Waals surface area (Å²) in [7, 11) is 1.46. The predicted molar refractivity (Wildman–Crippen MR) is 44.9 cm³/mol. The number of aliphatic hydroxyl groups excluding tert-OH is 1. The van der Waals surface area contributed by atoms with Gasteiger partial charge in [0.1, 0.15) is 5.75 Å². The van der Waals surface area contributed by atoms with Gasteiger partial charge >= 0.3 is 6.23 Å². The van der Waals surface area contributed by atoms with E-state index in [0.29, 0.717) is 5.75 Å². The molecule has 0 aliphatic carbocycles. The molecule has 1 aromatic rings. The molecule has 0 aromatic heterocycles. The Bertz CT molecular complexity index is 313. The topological polar surface area (TPSA) is 72.6 Å². The Kier molecular flexibility index (Phi) is 2.81. The number of hydrogen-bond donors (Lipinski definition) is 1. The summed E-state index contributed by atoms with van der Waals surface area (Å²) in [4.78, 5) is 9.45. The number of aliphatic hydroxyl groups is 1. The molecule has 0 heterocycles. The Morgan fingerprint density at radius 3 is 2.85 bits per heavy atom.